The van der Waals surface area contributed by atoms with Crippen molar-refractivity contribution >= 4 is 22.5 Å². The Morgan fingerprint density at radius 1 is 1.44 bits per heavy atom. The van der Waals surface area contributed by atoms with Gasteiger partial charge in [0.1, 0.15) is 0 Å². The van der Waals surface area contributed by atoms with E-state index >= 15 is 0 Å². The molecule has 1 aliphatic carbocycles. The van der Waals surface area contributed by atoms with Crippen molar-refractivity contribution in [3.8, 4) is 0 Å². The van der Waals surface area contributed by atoms with E-state index in [2.05, 4.69) is 11.7 Å². The van der Waals surface area contributed by atoms with E-state index in [1.165, 1.54) is 19.3 Å². The maximum atomic E-state index is 5.75. The average Bonchev–Trinajstić information content (AvgIpc) is 1.88. The molecule has 0 amide bonds. The highest BCUT2D eigenvalue weighted by molar-refractivity contribution is 8.68. The van der Waals surface area contributed by atoms with E-state index in [4.69, 9.17) is 5.73 Å². The lowest BCUT2D eigenvalue weighted by Crippen LogP contribution is -2.28. The third-order valence-electron chi connectivity index (χ3n) is 1.82. The molecule has 1 rings (SSSR count). The number of rotatable bonds is 1. The molecule has 1 aliphatic rings. The predicted octanol–water partition coefficient (Wildman–Crippen LogP) is 1.83. The molecule has 54 valence electrons. The van der Waals surface area contributed by atoms with Crippen LogP contribution in [-0.4, -0.2) is 11.3 Å². The van der Waals surface area contributed by atoms with Crippen LogP contribution in [0, 0.1) is 0 Å². The Morgan fingerprint density at radius 3 is 2.67 bits per heavy atom. The highest BCUT2D eigenvalue weighted by Crippen LogP contribution is 2.29. The van der Waals surface area contributed by atoms with Crippen molar-refractivity contribution in [2.75, 3.05) is 0 Å². The molecule has 0 aliphatic heterocycles. The zero-order valence-electron chi connectivity index (χ0n) is 5.42. The van der Waals surface area contributed by atoms with Gasteiger partial charge in [-0.25, -0.2) is 0 Å². The molecule has 1 nitrogen and oxygen atoms in total. The van der Waals surface area contributed by atoms with Gasteiger partial charge >= 0.3 is 0 Å². The van der Waals surface area contributed by atoms with Crippen molar-refractivity contribution in [1.29, 1.82) is 0 Å². The fourth-order valence-electron chi connectivity index (χ4n) is 1.28. The van der Waals surface area contributed by atoms with Crippen molar-refractivity contribution in [2.45, 2.75) is 37.0 Å². The first-order valence-electron chi connectivity index (χ1n) is 3.38. The van der Waals surface area contributed by atoms with Crippen LogP contribution in [0.15, 0.2) is 0 Å². The summed E-state index contributed by atoms with van der Waals surface area (Å²) in [5.41, 5.74) is 5.75. The molecular formula is C6H13NS2. The normalized spacial score (nSPS) is 36.7. The van der Waals surface area contributed by atoms with E-state index in [-0.39, 0.29) is 0 Å². The smallest absolute Gasteiger partial charge is 0.0163 e. The summed E-state index contributed by atoms with van der Waals surface area (Å²) in [5.74, 6) is 0. The number of thiol groups is 1. The van der Waals surface area contributed by atoms with Crippen molar-refractivity contribution in [1.82, 2.24) is 0 Å². The summed E-state index contributed by atoms with van der Waals surface area (Å²) in [6.45, 7) is 0. The molecule has 2 N–H and O–H groups in total. The fourth-order valence-corrected chi connectivity index (χ4v) is 2.46. The first kappa shape index (κ1) is 7.76. The summed E-state index contributed by atoms with van der Waals surface area (Å²) < 4.78 is 0. The van der Waals surface area contributed by atoms with Crippen LogP contribution in [0.25, 0.3) is 0 Å². The maximum Gasteiger partial charge on any atom is 0.0163 e. The minimum Gasteiger partial charge on any atom is -0.328 e. The van der Waals surface area contributed by atoms with Gasteiger partial charge in [0.05, 0.1) is 0 Å². The van der Waals surface area contributed by atoms with Gasteiger partial charge in [0, 0.05) is 11.3 Å². The van der Waals surface area contributed by atoms with Gasteiger partial charge in [0.25, 0.3) is 0 Å². The highest BCUT2D eigenvalue weighted by Gasteiger charge is 2.17. The maximum absolute atomic E-state index is 5.75. The molecule has 1 saturated carbocycles. The molecule has 2 unspecified atom stereocenters. The van der Waals surface area contributed by atoms with Crippen LogP contribution >= 0.6 is 22.5 Å². The topological polar surface area (TPSA) is 26.0 Å². The molecule has 0 saturated heterocycles. The van der Waals surface area contributed by atoms with Gasteiger partial charge in [-0.05, 0) is 19.3 Å². The van der Waals surface area contributed by atoms with Crippen LogP contribution in [-0.2, 0) is 0 Å². The van der Waals surface area contributed by atoms with Gasteiger partial charge < -0.3 is 5.73 Å². The van der Waals surface area contributed by atoms with Crippen LogP contribution in [0.4, 0.5) is 0 Å². The summed E-state index contributed by atoms with van der Waals surface area (Å²) in [7, 11) is 1.66. The van der Waals surface area contributed by atoms with Crippen molar-refractivity contribution in [3.05, 3.63) is 0 Å². The summed E-state index contributed by atoms with van der Waals surface area (Å²) in [6.07, 6.45) is 4.97. The molecule has 3 heteroatoms. The second-order valence-corrected chi connectivity index (χ2v) is 4.16. The Kier molecular flexibility index (Phi) is 3.22. The molecule has 0 aromatic rings. The SMILES string of the molecule is NC1CCCC(SS)C1. The van der Waals surface area contributed by atoms with Gasteiger partial charge in [-0.2, -0.15) is 0 Å². The lowest BCUT2D eigenvalue weighted by molar-refractivity contribution is 0.452. The molecule has 0 heterocycles. The molecule has 0 radical (unpaired) electrons. The van der Waals surface area contributed by atoms with Crippen LogP contribution in [0.5, 0.6) is 0 Å². The summed E-state index contributed by atoms with van der Waals surface area (Å²) >= 11 is 4.17. The van der Waals surface area contributed by atoms with E-state index in [1.54, 1.807) is 10.8 Å². The van der Waals surface area contributed by atoms with Gasteiger partial charge in [-0.1, -0.05) is 17.2 Å². The second kappa shape index (κ2) is 3.74. The average molecular weight is 163 g/mol. The lowest BCUT2D eigenvalue weighted by atomic mass is 9.96. The zero-order valence-corrected chi connectivity index (χ0v) is 7.13. The van der Waals surface area contributed by atoms with E-state index < -0.39 is 0 Å². The molecule has 0 aromatic heterocycles. The van der Waals surface area contributed by atoms with Crippen LogP contribution in [0.1, 0.15) is 25.7 Å². The summed E-state index contributed by atoms with van der Waals surface area (Å²) in [4.78, 5) is 0. The zero-order chi connectivity index (χ0) is 6.69. The Bertz CT molecular complexity index is 87.1. The van der Waals surface area contributed by atoms with E-state index in [9.17, 15) is 0 Å². The summed E-state index contributed by atoms with van der Waals surface area (Å²) in [6, 6.07) is 0.448. The molecule has 0 bridgehead atoms. The third-order valence-corrected chi connectivity index (χ3v) is 3.44. The Labute approximate surface area is 65.6 Å². The largest absolute Gasteiger partial charge is 0.328 e. The first-order valence-corrected chi connectivity index (χ1v) is 5.32. The molecule has 0 aromatic carbocycles. The number of nitrogens with two attached hydrogens (primary N) is 1. The number of hydrogen-bond acceptors (Lipinski definition) is 3. The van der Waals surface area contributed by atoms with E-state index in [0.29, 0.717) is 6.04 Å². The van der Waals surface area contributed by atoms with E-state index in [0.717, 1.165) is 11.7 Å². The van der Waals surface area contributed by atoms with Gasteiger partial charge in [0.2, 0.25) is 0 Å². The lowest BCUT2D eigenvalue weighted by Gasteiger charge is -2.23. The van der Waals surface area contributed by atoms with Crippen molar-refractivity contribution in [2.24, 2.45) is 5.73 Å². The first-order chi connectivity index (χ1) is 4.33. The van der Waals surface area contributed by atoms with Crippen molar-refractivity contribution in [3.63, 3.8) is 0 Å². The fraction of sp³-hybridized carbons (Fsp3) is 1.00. The quantitative estimate of drug-likeness (QED) is 0.455. The molecular weight excluding hydrogens is 150 g/mol. The van der Waals surface area contributed by atoms with Gasteiger partial charge in [-0.3, -0.25) is 0 Å². The van der Waals surface area contributed by atoms with Crippen molar-refractivity contribution < 1.29 is 0 Å². The molecule has 2 atom stereocenters. The van der Waals surface area contributed by atoms with Gasteiger partial charge in [-0.15, -0.1) is 11.7 Å². The Balaban J connectivity index is 2.23. The molecule has 0 spiro atoms. The van der Waals surface area contributed by atoms with E-state index in [1.807, 2.05) is 0 Å². The standard InChI is InChI=1S/C6H13NS2/c7-5-2-1-3-6(4-5)9-8/h5-6,8H,1-4,7H2. The van der Waals surface area contributed by atoms with Crippen LogP contribution in [0.2, 0.25) is 0 Å². The van der Waals surface area contributed by atoms with Crippen LogP contribution in [0.3, 0.4) is 0 Å². The monoisotopic (exact) mass is 163 g/mol. The molecule has 9 heavy (non-hydrogen) atoms. The minimum absolute atomic E-state index is 0.448. The Hall–Kier alpha value is 0.660. The molecule has 1 fully saturated rings. The predicted molar refractivity (Wildman–Crippen MR) is 46.8 cm³/mol. The van der Waals surface area contributed by atoms with Crippen LogP contribution < -0.4 is 5.73 Å². The highest BCUT2D eigenvalue weighted by atomic mass is 33.1. The second-order valence-electron chi connectivity index (χ2n) is 2.65. The van der Waals surface area contributed by atoms with Gasteiger partial charge in [0.15, 0.2) is 0 Å². The Morgan fingerprint density at radius 2 is 2.22 bits per heavy atom. The third kappa shape index (κ3) is 2.40. The summed E-state index contributed by atoms with van der Waals surface area (Å²) in [5, 5.41) is 0.720. The number of hydrogen-bond donors (Lipinski definition) is 2. The minimum atomic E-state index is 0.448.